The van der Waals surface area contributed by atoms with Gasteiger partial charge in [0, 0.05) is 18.6 Å². The zero-order valence-corrected chi connectivity index (χ0v) is 18.3. The highest BCUT2D eigenvalue weighted by atomic mass is 19.4. The van der Waals surface area contributed by atoms with Crippen LogP contribution in [0.5, 0.6) is 11.5 Å². The van der Waals surface area contributed by atoms with Gasteiger partial charge in [-0.3, -0.25) is 29.7 Å². The number of carbonyl (C=O) groups excluding carboxylic acids is 1. The third-order valence-electron chi connectivity index (χ3n) is 4.86. The van der Waals surface area contributed by atoms with Crippen molar-refractivity contribution in [1.82, 2.24) is 9.78 Å². The van der Waals surface area contributed by atoms with E-state index in [4.69, 9.17) is 4.74 Å². The molecule has 0 saturated heterocycles. The van der Waals surface area contributed by atoms with Gasteiger partial charge >= 0.3 is 11.9 Å². The van der Waals surface area contributed by atoms with Gasteiger partial charge < -0.3 is 10.1 Å². The van der Waals surface area contributed by atoms with Gasteiger partial charge in [0.1, 0.15) is 22.9 Å². The lowest BCUT2D eigenvalue weighted by Crippen LogP contribution is -2.16. The molecule has 1 N–H and O–H groups in total. The van der Waals surface area contributed by atoms with Gasteiger partial charge in [-0.1, -0.05) is 6.07 Å². The van der Waals surface area contributed by atoms with E-state index in [9.17, 15) is 38.2 Å². The van der Waals surface area contributed by atoms with Crippen molar-refractivity contribution in [2.24, 2.45) is 0 Å². The molecule has 2 aromatic carbocycles. The molecule has 0 saturated carbocycles. The van der Waals surface area contributed by atoms with E-state index in [1.54, 1.807) is 0 Å². The maximum atomic E-state index is 12.9. The van der Waals surface area contributed by atoms with Gasteiger partial charge in [-0.15, -0.1) is 0 Å². The molecule has 0 bridgehead atoms. The molecule has 0 unspecified atom stereocenters. The number of rotatable bonds is 8. The first-order chi connectivity index (χ1) is 16.3. The largest absolute Gasteiger partial charge is 0.457 e. The van der Waals surface area contributed by atoms with E-state index in [1.165, 1.54) is 30.7 Å². The molecule has 1 heterocycles. The zero-order valence-electron chi connectivity index (χ0n) is 18.3. The Morgan fingerprint density at radius 2 is 1.80 bits per heavy atom. The van der Waals surface area contributed by atoms with Crippen LogP contribution in [0.3, 0.4) is 0 Å². The van der Waals surface area contributed by atoms with Crippen molar-refractivity contribution in [1.29, 1.82) is 0 Å². The molecule has 0 spiro atoms. The number of anilines is 1. The lowest BCUT2D eigenvalue weighted by atomic mass is 10.2. The topological polar surface area (TPSA) is 142 Å². The van der Waals surface area contributed by atoms with Crippen molar-refractivity contribution >= 4 is 23.0 Å². The highest BCUT2D eigenvalue weighted by Crippen LogP contribution is 2.34. The van der Waals surface area contributed by atoms with E-state index in [0.29, 0.717) is 0 Å². The molecule has 3 rings (SSSR count). The maximum Gasteiger partial charge on any atom is 0.416 e. The van der Waals surface area contributed by atoms with Gasteiger partial charge in [-0.25, -0.2) is 0 Å². The average Bonchev–Trinajstić information content (AvgIpc) is 3.04. The normalized spacial score (nSPS) is 11.2. The molecule has 0 radical (unpaired) electrons. The third-order valence-corrected chi connectivity index (χ3v) is 4.86. The summed E-state index contributed by atoms with van der Waals surface area (Å²) in [5.41, 5.74) is -1.13. The zero-order chi connectivity index (χ0) is 25.9. The summed E-state index contributed by atoms with van der Waals surface area (Å²) in [6.45, 7) is 2.97. The van der Waals surface area contributed by atoms with E-state index in [0.717, 1.165) is 30.3 Å². The van der Waals surface area contributed by atoms with Crippen LogP contribution in [-0.4, -0.2) is 25.5 Å². The maximum absolute atomic E-state index is 12.9. The van der Waals surface area contributed by atoms with Crippen LogP contribution in [0.15, 0.2) is 42.5 Å². The summed E-state index contributed by atoms with van der Waals surface area (Å²) in [4.78, 5) is 33.5. The Balaban J connectivity index is 1.76. The highest BCUT2D eigenvalue weighted by molar-refractivity contribution is 5.91. The summed E-state index contributed by atoms with van der Waals surface area (Å²) in [6.07, 6.45) is -4.77. The first-order valence-corrected chi connectivity index (χ1v) is 9.98. The molecule has 1 aromatic heterocycles. The fourth-order valence-electron chi connectivity index (χ4n) is 3.29. The Bertz CT molecular complexity index is 1310. The number of nitro groups is 2. The number of hydrogen-bond acceptors (Lipinski definition) is 7. The number of non-ortho nitro benzene ring substituents is 1. The number of hydrogen-bond donors (Lipinski definition) is 1. The standard InChI is InChI=1S/C21H18F3N5O6/c1-12-20(29(33)34)13(2)27(26-12)7-6-19(30)25-15-9-16(28(31)32)11-18(10-15)35-17-5-3-4-14(8-17)21(22,23)24/h3-5,8-11H,6-7H2,1-2H3,(H,25,30). The lowest BCUT2D eigenvalue weighted by molar-refractivity contribution is -0.386. The number of nitrogens with one attached hydrogen (secondary N) is 1. The number of aromatic nitrogens is 2. The number of amides is 1. The molecule has 1 amide bonds. The molecule has 11 nitrogen and oxygen atoms in total. The van der Waals surface area contributed by atoms with E-state index in [2.05, 4.69) is 10.4 Å². The minimum absolute atomic E-state index is 0.00879. The van der Waals surface area contributed by atoms with Crippen molar-refractivity contribution in [3.8, 4) is 11.5 Å². The molecule has 0 aliphatic heterocycles. The summed E-state index contributed by atoms with van der Waals surface area (Å²) < 4.78 is 45.5. The summed E-state index contributed by atoms with van der Waals surface area (Å²) in [7, 11) is 0. The Morgan fingerprint density at radius 3 is 2.40 bits per heavy atom. The molecule has 3 aromatic rings. The Kier molecular flexibility index (Phi) is 7.03. The molecule has 35 heavy (non-hydrogen) atoms. The van der Waals surface area contributed by atoms with Gasteiger partial charge in [-0.2, -0.15) is 18.3 Å². The number of benzene rings is 2. The van der Waals surface area contributed by atoms with Crippen LogP contribution in [-0.2, 0) is 17.5 Å². The van der Waals surface area contributed by atoms with E-state index in [1.807, 2.05) is 0 Å². The fraction of sp³-hybridized carbons (Fsp3) is 0.238. The van der Waals surface area contributed by atoms with Crippen molar-refractivity contribution in [2.75, 3.05) is 5.32 Å². The number of alkyl halides is 3. The minimum atomic E-state index is -4.60. The molecule has 0 atom stereocenters. The van der Waals surface area contributed by atoms with Crippen LogP contribution in [0, 0.1) is 34.1 Å². The van der Waals surface area contributed by atoms with Gasteiger partial charge in [0.05, 0.1) is 33.7 Å². The second-order valence-corrected chi connectivity index (χ2v) is 7.40. The third kappa shape index (κ3) is 6.10. The van der Waals surface area contributed by atoms with E-state index >= 15 is 0 Å². The van der Waals surface area contributed by atoms with Crippen LogP contribution < -0.4 is 10.1 Å². The number of carbonyl (C=O) groups is 1. The van der Waals surface area contributed by atoms with Crippen molar-refractivity contribution < 1.29 is 32.5 Å². The summed E-state index contributed by atoms with van der Waals surface area (Å²) in [6, 6.07) is 7.25. The number of nitrogens with zero attached hydrogens (tertiary/aromatic N) is 4. The number of ether oxygens (including phenoxy) is 1. The molecule has 0 fully saturated rings. The molecular formula is C21H18F3N5O6. The quantitative estimate of drug-likeness (QED) is 0.337. The summed E-state index contributed by atoms with van der Waals surface area (Å²) >= 11 is 0. The molecular weight excluding hydrogens is 475 g/mol. The molecule has 0 aliphatic carbocycles. The molecule has 0 aliphatic rings. The van der Waals surface area contributed by atoms with Crippen LogP contribution >= 0.6 is 0 Å². The fourth-order valence-corrected chi connectivity index (χ4v) is 3.29. The Hall–Kier alpha value is -4.49. The monoisotopic (exact) mass is 493 g/mol. The second-order valence-electron chi connectivity index (χ2n) is 7.40. The van der Waals surface area contributed by atoms with Crippen LogP contribution in [0.25, 0.3) is 0 Å². The number of aryl methyl sites for hydroxylation is 2. The highest BCUT2D eigenvalue weighted by Gasteiger charge is 2.30. The number of halogens is 3. The van der Waals surface area contributed by atoms with Crippen molar-refractivity contribution in [2.45, 2.75) is 33.0 Å². The van der Waals surface area contributed by atoms with Crippen LogP contribution in [0.4, 0.5) is 30.2 Å². The second kappa shape index (κ2) is 9.79. The first-order valence-electron chi connectivity index (χ1n) is 9.98. The van der Waals surface area contributed by atoms with Gasteiger partial charge in [-0.05, 0) is 32.0 Å². The summed E-state index contributed by atoms with van der Waals surface area (Å²) in [5.74, 6) is -0.947. The van der Waals surface area contributed by atoms with Gasteiger partial charge in [0.2, 0.25) is 5.91 Å². The average molecular weight is 493 g/mol. The number of nitro benzene ring substituents is 1. The minimum Gasteiger partial charge on any atom is -0.457 e. The molecule has 14 heteroatoms. The molecule has 184 valence electrons. The van der Waals surface area contributed by atoms with Crippen LogP contribution in [0.1, 0.15) is 23.4 Å². The predicted molar refractivity (Wildman–Crippen MR) is 116 cm³/mol. The van der Waals surface area contributed by atoms with Crippen LogP contribution in [0.2, 0.25) is 0 Å². The predicted octanol–water partition coefficient (Wildman–Crippen LogP) is 5.16. The summed E-state index contributed by atoms with van der Waals surface area (Å²) in [5, 5.41) is 28.9. The van der Waals surface area contributed by atoms with Gasteiger partial charge in [0.25, 0.3) is 5.69 Å². The van der Waals surface area contributed by atoms with Gasteiger partial charge in [0.15, 0.2) is 0 Å². The first kappa shape index (κ1) is 25.1. The SMILES string of the molecule is Cc1nn(CCC(=O)Nc2cc(Oc3cccc(C(F)(F)F)c3)cc([N+](=O)[O-])c2)c(C)c1[N+](=O)[O-]. The van der Waals surface area contributed by atoms with Crippen molar-refractivity contribution in [3.05, 3.63) is 79.6 Å². The lowest BCUT2D eigenvalue weighted by Gasteiger charge is -2.12. The van der Waals surface area contributed by atoms with E-state index < -0.39 is 33.2 Å². The van der Waals surface area contributed by atoms with Crippen molar-refractivity contribution in [3.63, 3.8) is 0 Å². The Labute approximate surface area is 195 Å². The van der Waals surface area contributed by atoms with E-state index in [-0.39, 0.29) is 47.2 Å². The smallest absolute Gasteiger partial charge is 0.416 e. The Morgan fingerprint density at radius 1 is 1.09 bits per heavy atom.